The number of thioether (sulfide) groups is 1. The maximum absolute atomic E-state index is 10.5. The van der Waals surface area contributed by atoms with E-state index in [4.69, 9.17) is 21.1 Å². The van der Waals surface area contributed by atoms with Gasteiger partial charge in [-0.1, -0.05) is 49.3 Å². The van der Waals surface area contributed by atoms with E-state index in [9.17, 15) is 5.11 Å². The molecule has 6 nitrogen and oxygen atoms in total. The number of aryl methyl sites for hydroxylation is 1. The first-order valence-corrected chi connectivity index (χ1v) is 11.4. The fourth-order valence-electron chi connectivity index (χ4n) is 3.16. The first-order chi connectivity index (χ1) is 14.8. The van der Waals surface area contributed by atoms with Crippen LogP contribution in [-0.4, -0.2) is 45.4 Å². The van der Waals surface area contributed by atoms with Crippen molar-refractivity contribution >= 4 is 23.4 Å². The Bertz CT molecular complexity index is 1040. The van der Waals surface area contributed by atoms with E-state index in [1.165, 1.54) is 11.8 Å². The van der Waals surface area contributed by atoms with Gasteiger partial charge in [-0.2, -0.15) is 0 Å². The highest BCUT2D eigenvalue weighted by atomic mass is 35.5. The fraction of sp³-hybridized carbons (Fsp3) is 0.391. The van der Waals surface area contributed by atoms with Gasteiger partial charge < -0.3 is 19.1 Å². The van der Waals surface area contributed by atoms with E-state index in [1.54, 1.807) is 7.11 Å². The van der Waals surface area contributed by atoms with Crippen molar-refractivity contribution in [2.24, 2.45) is 7.05 Å². The fourth-order valence-corrected chi connectivity index (χ4v) is 4.14. The van der Waals surface area contributed by atoms with Crippen molar-refractivity contribution in [3.63, 3.8) is 0 Å². The molecule has 0 spiro atoms. The summed E-state index contributed by atoms with van der Waals surface area (Å²) in [4.78, 5) is 0. The maximum Gasteiger partial charge on any atom is 0.191 e. The minimum Gasteiger partial charge on any atom is -0.496 e. The van der Waals surface area contributed by atoms with E-state index >= 15 is 0 Å². The van der Waals surface area contributed by atoms with Crippen LogP contribution in [0.15, 0.2) is 41.6 Å². The summed E-state index contributed by atoms with van der Waals surface area (Å²) in [7, 11) is 3.53. The number of benzene rings is 2. The SMILES string of the molecule is COc1ccccc1-c1nnc(SCC(O)COc2cc(C)c(Cl)cc2C(C)C)n1C. The normalized spacial score (nSPS) is 12.3. The second kappa shape index (κ2) is 10.4. The van der Waals surface area contributed by atoms with Crippen LogP contribution >= 0.6 is 23.4 Å². The lowest BCUT2D eigenvalue weighted by Gasteiger charge is -2.18. The molecule has 166 valence electrons. The van der Waals surface area contributed by atoms with Crippen LogP contribution in [0.25, 0.3) is 11.4 Å². The van der Waals surface area contributed by atoms with Crippen molar-refractivity contribution < 1.29 is 14.6 Å². The molecule has 0 aliphatic rings. The summed E-state index contributed by atoms with van der Waals surface area (Å²) < 4.78 is 13.3. The number of aliphatic hydroxyl groups is 1. The Kier molecular flexibility index (Phi) is 7.86. The predicted octanol–water partition coefficient (Wildman–Crippen LogP) is 5.11. The molecule has 3 rings (SSSR count). The minimum atomic E-state index is -0.660. The molecule has 1 unspecified atom stereocenters. The molecule has 0 bridgehead atoms. The number of aromatic nitrogens is 3. The lowest BCUT2D eigenvalue weighted by Crippen LogP contribution is -2.21. The Morgan fingerprint density at radius 3 is 2.61 bits per heavy atom. The lowest BCUT2D eigenvalue weighted by molar-refractivity contribution is 0.125. The van der Waals surface area contributed by atoms with Gasteiger partial charge in [0, 0.05) is 17.8 Å². The largest absolute Gasteiger partial charge is 0.496 e. The summed E-state index contributed by atoms with van der Waals surface area (Å²) in [5, 5.41) is 20.5. The number of aliphatic hydroxyl groups excluding tert-OH is 1. The van der Waals surface area contributed by atoms with Gasteiger partial charge in [-0.05, 0) is 48.2 Å². The number of para-hydroxylation sites is 1. The lowest BCUT2D eigenvalue weighted by atomic mass is 10.0. The molecule has 1 heterocycles. The summed E-state index contributed by atoms with van der Waals surface area (Å²) in [5.41, 5.74) is 2.85. The zero-order chi connectivity index (χ0) is 22.5. The van der Waals surface area contributed by atoms with Gasteiger partial charge in [-0.25, -0.2) is 0 Å². The molecule has 1 N–H and O–H groups in total. The molecule has 31 heavy (non-hydrogen) atoms. The van der Waals surface area contributed by atoms with Crippen molar-refractivity contribution in [2.45, 2.75) is 37.9 Å². The van der Waals surface area contributed by atoms with Gasteiger partial charge in [0.05, 0.1) is 18.8 Å². The average Bonchev–Trinajstić information content (AvgIpc) is 3.12. The van der Waals surface area contributed by atoms with E-state index in [2.05, 4.69) is 24.0 Å². The van der Waals surface area contributed by atoms with Crippen LogP contribution < -0.4 is 9.47 Å². The van der Waals surface area contributed by atoms with Crippen LogP contribution in [0.5, 0.6) is 11.5 Å². The Balaban J connectivity index is 1.63. The zero-order valence-electron chi connectivity index (χ0n) is 18.4. The molecule has 0 aliphatic heterocycles. The molecule has 2 aromatic carbocycles. The number of nitrogens with zero attached hydrogens (tertiary/aromatic N) is 3. The first kappa shape index (κ1) is 23.4. The third-order valence-corrected chi connectivity index (χ3v) is 6.50. The summed E-state index contributed by atoms with van der Waals surface area (Å²) in [6.07, 6.45) is -0.660. The van der Waals surface area contributed by atoms with Crippen LogP contribution in [0, 0.1) is 6.92 Å². The van der Waals surface area contributed by atoms with Crippen molar-refractivity contribution in [1.29, 1.82) is 0 Å². The molecule has 0 amide bonds. The highest BCUT2D eigenvalue weighted by molar-refractivity contribution is 7.99. The molecule has 0 saturated carbocycles. The van der Waals surface area contributed by atoms with E-state index in [1.807, 2.05) is 54.9 Å². The molecular weight excluding hydrogens is 434 g/mol. The summed E-state index contributed by atoms with van der Waals surface area (Å²) in [6, 6.07) is 11.6. The number of hydrogen-bond acceptors (Lipinski definition) is 6. The Morgan fingerprint density at radius 1 is 1.16 bits per heavy atom. The standard InChI is InChI=1S/C23H28ClN3O3S/c1-14(2)18-11-19(24)15(3)10-21(18)30-12-16(28)13-31-23-26-25-22(27(23)4)17-8-6-7-9-20(17)29-5/h6-11,14,16,28H,12-13H2,1-5H3. The molecule has 0 aliphatic carbocycles. The van der Waals surface area contributed by atoms with Crippen LogP contribution in [0.4, 0.5) is 0 Å². The number of ether oxygens (including phenoxy) is 2. The van der Waals surface area contributed by atoms with Crippen molar-refractivity contribution in [3.8, 4) is 22.9 Å². The highest BCUT2D eigenvalue weighted by Gasteiger charge is 2.17. The van der Waals surface area contributed by atoms with Crippen molar-refractivity contribution in [1.82, 2.24) is 14.8 Å². The summed E-state index contributed by atoms with van der Waals surface area (Å²) in [6.45, 7) is 6.31. The minimum absolute atomic E-state index is 0.186. The van der Waals surface area contributed by atoms with Crippen molar-refractivity contribution in [2.75, 3.05) is 19.5 Å². The molecule has 1 aromatic heterocycles. The smallest absolute Gasteiger partial charge is 0.191 e. The Labute approximate surface area is 192 Å². The molecule has 3 aromatic rings. The van der Waals surface area contributed by atoms with Gasteiger partial charge in [-0.3, -0.25) is 0 Å². The van der Waals surface area contributed by atoms with Gasteiger partial charge in [0.2, 0.25) is 0 Å². The monoisotopic (exact) mass is 461 g/mol. The van der Waals surface area contributed by atoms with Crippen LogP contribution in [0.3, 0.4) is 0 Å². The Morgan fingerprint density at radius 2 is 1.90 bits per heavy atom. The topological polar surface area (TPSA) is 69.4 Å². The van der Waals surface area contributed by atoms with E-state index in [-0.39, 0.29) is 12.5 Å². The summed E-state index contributed by atoms with van der Waals surface area (Å²) >= 11 is 7.69. The number of methoxy groups -OCH3 is 1. The molecule has 0 radical (unpaired) electrons. The first-order valence-electron chi connectivity index (χ1n) is 10.1. The number of hydrogen-bond donors (Lipinski definition) is 1. The molecule has 0 saturated heterocycles. The van der Waals surface area contributed by atoms with E-state index < -0.39 is 6.10 Å². The third-order valence-electron chi connectivity index (χ3n) is 4.93. The molecule has 8 heteroatoms. The second-order valence-corrected chi connectivity index (χ2v) is 9.03. The third kappa shape index (κ3) is 5.53. The van der Waals surface area contributed by atoms with Crippen LogP contribution in [-0.2, 0) is 7.05 Å². The number of rotatable bonds is 9. The summed E-state index contributed by atoms with van der Waals surface area (Å²) in [5.74, 6) is 2.91. The molecule has 0 fully saturated rings. The quantitative estimate of drug-likeness (QED) is 0.446. The van der Waals surface area contributed by atoms with Gasteiger partial charge in [-0.15, -0.1) is 10.2 Å². The van der Waals surface area contributed by atoms with Gasteiger partial charge in [0.1, 0.15) is 18.1 Å². The molecular formula is C23H28ClN3O3S. The van der Waals surface area contributed by atoms with Gasteiger partial charge in [0.15, 0.2) is 11.0 Å². The van der Waals surface area contributed by atoms with Crippen LogP contribution in [0.2, 0.25) is 5.02 Å². The van der Waals surface area contributed by atoms with E-state index in [0.717, 1.165) is 33.2 Å². The average molecular weight is 462 g/mol. The zero-order valence-corrected chi connectivity index (χ0v) is 20.0. The maximum atomic E-state index is 10.5. The van der Waals surface area contributed by atoms with Crippen LogP contribution in [0.1, 0.15) is 30.9 Å². The highest BCUT2D eigenvalue weighted by Crippen LogP contribution is 2.33. The predicted molar refractivity (Wildman–Crippen MR) is 125 cm³/mol. The van der Waals surface area contributed by atoms with E-state index in [0.29, 0.717) is 16.7 Å². The van der Waals surface area contributed by atoms with Crippen molar-refractivity contribution in [3.05, 3.63) is 52.5 Å². The van der Waals surface area contributed by atoms with Gasteiger partial charge in [0.25, 0.3) is 0 Å². The number of halogens is 1. The molecule has 1 atom stereocenters. The Hall–Kier alpha value is -2.22. The second-order valence-electron chi connectivity index (χ2n) is 7.64. The van der Waals surface area contributed by atoms with Gasteiger partial charge >= 0.3 is 0 Å².